The maximum Gasteiger partial charge on any atom is 0.125 e. The molecule has 4 heteroatoms. The van der Waals surface area contributed by atoms with E-state index in [-0.39, 0.29) is 11.5 Å². The van der Waals surface area contributed by atoms with Crippen molar-refractivity contribution in [1.29, 1.82) is 0 Å². The van der Waals surface area contributed by atoms with E-state index in [1.807, 2.05) is 6.08 Å². The quantitative estimate of drug-likeness (QED) is 0.757. The number of dihydropyridines is 1. The molecule has 1 aromatic carbocycles. The summed E-state index contributed by atoms with van der Waals surface area (Å²) in [5, 5.41) is -0.0688. The Morgan fingerprint density at radius 1 is 1.08 bits per heavy atom. The zero-order chi connectivity index (χ0) is 17.4. The number of alkyl halides is 1. The highest BCUT2D eigenvalue weighted by Crippen LogP contribution is 2.37. The van der Waals surface area contributed by atoms with Gasteiger partial charge in [-0.25, -0.2) is 0 Å². The van der Waals surface area contributed by atoms with Crippen LogP contribution < -0.4 is 0 Å². The average molecular weight is 354 g/mol. The summed E-state index contributed by atoms with van der Waals surface area (Å²) >= 11 is 6.38. The van der Waals surface area contributed by atoms with Crippen LogP contribution in [-0.4, -0.2) is 60.3 Å². The van der Waals surface area contributed by atoms with E-state index >= 15 is 0 Å². The summed E-state index contributed by atoms with van der Waals surface area (Å²) in [6.07, 6.45) is 6.36. The van der Waals surface area contributed by atoms with Crippen LogP contribution in [0, 0.1) is 0 Å². The lowest BCUT2D eigenvalue weighted by atomic mass is 9.84. The molecule has 2 unspecified atom stereocenters. The summed E-state index contributed by atoms with van der Waals surface area (Å²) in [6.45, 7) is 6.53. The molecule has 0 bridgehead atoms. The molecule has 0 amide bonds. The summed E-state index contributed by atoms with van der Waals surface area (Å²) < 4.78 is 0. The topological polar surface area (TPSA) is 18.8 Å². The van der Waals surface area contributed by atoms with Crippen LogP contribution in [0.2, 0.25) is 0 Å². The SMILES string of the molecule is CC1=C(c2ccccc2)C2=CC(Cl)C=CC2=NC1N1CCN(C)CC1. The summed E-state index contributed by atoms with van der Waals surface area (Å²) in [5.74, 6) is 0. The number of allylic oxidation sites excluding steroid dienone is 5. The molecule has 3 nitrogen and oxygen atoms in total. The van der Waals surface area contributed by atoms with Gasteiger partial charge in [0.25, 0.3) is 0 Å². The molecular weight excluding hydrogens is 330 g/mol. The van der Waals surface area contributed by atoms with Gasteiger partial charge in [0.05, 0.1) is 11.1 Å². The van der Waals surface area contributed by atoms with Crippen LogP contribution in [0.1, 0.15) is 12.5 Å². The molecular formula is C21H24ClN3. The maximum absolute atomic E-state index is 6.38. The molecule has 0 spiro atoms. The van der Waals surface area contributed by atoms with Gasteiger partial charge in [0.15, 0.2) is 0 Å². The third kappa shape index (κ3) is 3.24. The van der Waals surface area contributed by atoms with Gasteiger partial charge >= 0.3 is 0 Å². The van der Waals surface area contributed by atoms with Crippen molar-refractivity contribution < 1.29 is 0 Å². The number of aliphatic imine (C=N–C) groups is 1. The fraction of sp³-hybridized carbons (Fsp3) is 0.381. The fourth-order valence-corrected chi connectivity index (χ4v) is 4.08. The van der Waals surface area contributed by atoms with Gasteiger partial charge in [-0.3, -0.25) is 9.89 Å². The first-order valence-electron chi connectivity index (χ1n) is 8.95. The molecule has 1 aliphatic carbocycles. The second-order valence-electron chi connectivity index (χ2n) is 7.04. The predicted molar refractivity (Wildman–Crippen MR) is 106 cm³/mol. The molecule has 0 N–H and O–H groups in total. The number of rotatable bonds is 2. The number of nitrogens with zero attached hydrogens (tertiary/aromatic N) is 3. The van der Waals surface area contributed by atoms with Crippen LogP contribution in [0.3, 0.4) is 0 Å². The van der Waals surface area contributed by atoms with E-state index in [9.17, 15) is 0 Å². The lowest BCUT2D eigenvalue weighted by Gasteiger charge is -2.39. The zero-order valence-corrected chi connectivity index (χ0v) is 15.6. The Balaban J connectivity index is 1.78. The van der Waals surface area contributed by atoms with Gasteiger partial charge in [-0.1, -0.05) is 42.5 Å². The second-order valence-corrected chi connectivity index (χ2v) is 7.54. The van der Waals surface area contributed by atoms with E-state index in [0.717, 1.165) is 31.9 Å². The van der Waals surface area contributed by atoms with Crippen molar-refractivity contribution in [3.63, 3.8) is 0 Å². The van der Waals surface area contributed by atoms with E-state index in [1.54, 1.807) is 0 Å². The van der Waals surface area contributed by atoms with Gasteiger partial charge < -0.3 is 4.90 Å². The molecule has 0 radical (unpaired) electrons. The molecule has 4 rings (SSSR count). The van der Waals surface area contributed by atoms with Crippen molar-refractivity contribution >= 4 is 22.9 Å². The smallest absolute Gasteiger partial charge is 0.125 e. The first-order chi connectivity index (χ1) is 12.1. The van der Waals surface area contributed by atoms with Crippen LogP contribution in [-0.2, 0) is 0 Å². The van der Waals surface area contributed by atoms with Gasteiger partial charge in [-0.15, -0.1) is 11.6 Å². The van der Waals surface area contributed by atoms with E-state index in [1.165, 1.54) is 22.3 Å². The van der Waals surface area contributed by atoms with Crippen molar-refractivity contribution in [2.75, 3.05) is 33.2 Å². The fourth-order valence-electron chi connectivity index (χ4n) is 3.88. The predicted octanol–water partition coefficient (Wildman–Crippen LogP) is 3.59. The molecule has 25 heavy (non-hydrogen) atoms. The number of benzene rings is 1. The standard InChI is InChI=1S/C21H24ClN3/c1-15-20(16-6-4-3-5-7-16)18-14-17(22)8-9-19(18)23-21(15)25-12-10-24(2)11-13-25/h3-9,14,17,21H,10-13H2,1-2H3. The third-order valence-electron chi connectivity index (χ3n) is 5.30. The number of likely N-dealkylation sites (N-methyl/N-ethyl adjacent to an activating group) is 1. The minimum absolute atomic E-state index is 0.0688. The van der Waals surface area contributed by atoms with Crippen molar-refractivity contribution in [2.24, 2.45) is 4.99 Å². The van der Waals surface area contributed by atoms with Crippen molar-refractivity contribution in [3.05, 3.63) is 65.3 Å². The Morgan fingerprint density at radius 2 is 1.80 bits per heavy atom. The van der Waals surface area contributed by atoms with E-state index < -0.39 is 0 Å². The highest BCUT2D eigenvalue weighted by Gasteiger charge is 2.32. The molecule has 2 aliphatic heterocycles. The molecule has 0 saturated carbocycles. The Labute approximate surface area is 155 Å². The highest BCUT2D eigenvalue weighted by molar-refractivity contribution is 6.28. The lowest BCUT2D eigenvalue weighted by Crippen LogP contribution is -2.49. The van der Waals surface area contributed by atoms with Crippen LogP contribution in [0.5, 0.6) is 0 Å². The molecule has 1 aromatic rings. The monoisotopic (exact) mass is 353 g/mol. The third-order valence-corrected chi connectivity index (χ3v) is 5.57. The molecule has 2 heterocycles. The maximum atomic E-state index is 6.38. The number of hydrogen-bond acceptors (Lipinski definition) is 3. The molecule has 2 atom stereocenters. The largest absolute Gasteiger partial charge is 0.304 e. The first kappa shape index (κ1) is 16.8. The normalized spacial score (nSPS) is 27.8. The van der Waals surface area contributed by atoms with E-state index in [0.29, 0.717) is 0 Å². The second kappa shape index (κ2) is 6.91. The van der Waals surface area contributed by atoms with Crippen LogP contribution in [0.15, 0.2) is 64.7 Å². The van der Waals surface area contributed by atoms with Gasteiger partial charge in [-0.2, -0.15) is 0 Å². The highest BCUT2D eigenvalue weighted by atomic mass is 35.5. The van der Waals surface area contributed by atoms with Crippen molar-refractivity contribution in [1.82, 2.24) is 9.80 Å². The minimum Gasteiger partial charge on any atom is -0.304 e. The molecule has 0 aromatic heterocycles. The van der Waals surface area contributed by atoms with Gasteiger partial charge in [-0.05, 0) is 36.8 Å². The Bertz CT molecular complexity index is 768. The summed E-state index contributed by atoms with van der Waals surface area (Å²) in [6, 6.07) is 10.6. The van der Waals surface area contributed by atoms with Crippen LogP contribution >= 0.6 is 11.6 Å². The number of halogens is 1. The Morgan fingerprint density at radius 3 is 2.52 bits per heavy atom. The number of piperazine rings is 1. The van der Waals surface area contributed by atoms with Crippen molar-refractivity contribution in [3.8, 4) is 0 Å². The van der Waals surface area contributed by atoms with Gasteiger partial charge in [0, 0.05) is 31.8 Å². The van der Waals surface area contributed by atoms with Crippen LogP contribution in [0.25, 0.3) is 5.57 Å². The van der Waals surface area contributed by atoms with Crippen LogP contribution in [0.4, 0.5) is 0 Å². The van der Waals surface area contributed by atoms with E-state index in [4.69, 9.17) is 16.6 Å². The molecule has 1 saturated heterocycles. The molecule has 130 valence electrons. The van der Waals surface area contributed by atoms with E-state index in [2.05, 4.69) is 66.3 Å². The lowest BCUT2D eigenvalue weighted by molar-refractivity contribution is 0.128. The Hall–Kier alpha value is -1.68. The number of fused-ring (bicyclic) bond motifs is 1. The van der Waals surface area contributed by atoms with Crippen molar-refractivity contribution in [2.45, 2.75) is 18.5 Å². The summed E-state index contributed by atoms with van der Waals surface area (Å²) in [7, 11) is 2.19. The molecule has 1 fully saturated rings. The first-order valence-corrected chi connectivity index (χ1v) is 9.38. The summed E-state index contributed by atoms with van der Waals surface area (Å²) in [4.78, 5) is 9.98. The molecule has 3 aliphatic rings. The van der Waals surface area contributed by atoms with Gasteiger partial charge in [0.1, 0.15) is 6.17 Å². The minimum atomic E-state index is -0.0688. The summed E-state index contributed by atoms with van der Waals surface area (Å²) in [5.41, 5.74) is 6.10. The Kier molecular flexibility index (Phi) is 4.63. The number of hydrogen-bond donors (Lipinski definition) is 0. The van der Waals surface area contributed by atoms with Gasteiger partial charge in [0.2, 0.25) is 0 Å². The zero-order valence-electron chi connectivity index (χ0n) is 14.8. The average Bonchev–Trinajstić information content (AvgIpc) is 2.63.